The van der Waals surface area contributed by atoms with Crippen LogP contribution in [0.3, 0.4) is 0 Å². The summed E-state index contributed by atoms with van der Waals surface area (Å²) in [4.78, 5) is 11.5. The van der Waals surface area contributed by atoms with Crippen LogP contribution in [0.1, 0.15) is 16.2 Å². The molecule has 1 fully saturated rings. The van der Waals surface area contributed by atoms with E-state index in [9.17, 15) is 9.90 Å². The molecule has 1 aliphatic heterocycles. The number of hydrogen-bond donors (Lipinski definition) is 2. The van der Waals surface area contributed by atoms with Crippen molar-refractivity contribution in [3.8, 4) is 0 Å². The van der Waals surface area contributed by atoms with E-state index in [1.54, 1.807) is 6.92 Å². The van der Waals surface area contributed by atoms with Gasteiger partial charge in [0.25, 0.3) is 5.91 Å². The fourth-order valence-electron chi connectivity index (χ4n) is 1.39. The Morgan fingerprint density at radius 3 is 3.00 bits per heavy atom. The Hall–Kier alpha value is -1.40. The minimum Gasteiger partial charge on any atom is -0.388 e. The molecule has 1 amide bonds. The highest BCUT2D eigenvalue weighted by Crippen LogP contribution is 2.07. The number of aryl methyl sites for hydroxylation is 1. The minimum absolute atomic E-state index is 0.145. The molecule has 1 aliphatic rings. The molecule has 1 saturated heterocycles. The van der Waals surface area contributed by atoms with Gasteiger partial charge in [-0.05, 0) is 6.92 Å². The SMILES string of the molecule is Cc1cc(C(=O)N[C@@H]2COC[C@H]2O)on1. The summed E-state index contributed by atoms with van der Waals surface area (Å²) in [5.74, 6) is -0.239. The Labute approximate surface area is 86.2 Å². The first kappa shape index (κ1) is 10.1. The fourth-order valence-corrected chi connectivity index (χ4v) is 1.39. The van der Waals surface area contributed by atoms with Gasteiger partial charge < -0.3 is 19.7 Å². The summed E-state index contributed by atoms with van der Waals surface area (Å²) in [6, 6.07) is 1.17. The van der Waals surface area contributed by atoms with Gasteiger partial charge in [-0.25, -0.2) is 0 Å². The van der Waals surface area contributed by atoms with E-state index in [2.05, 4.69) is 10.5 Å². The summed E-state index contributed by atoms with van der Waals surface area (Å²) in [5.41, 5.74) is 0.642. The number of aliphatic hydroxyl groups is 1. The Morgan fingerprint density at radius 2 is 2.47 bits per heavy atom. The van der Waals surface area contributed by atoms with Gasteiger partial charge in [0.15, 0.2) is 0 Å². The lowest BCUT2D eigenvalue weighted by molar-refractivity contribution is 0.0851. The van der Waals surface area contributed by atoms with E-state index in [-0.39, 0.29) is 24.3 Å². The number of ether oxygens (including phenoxy) is 1. The highest BCUT2D eigenvalue weighted by molar-refractivity contribution is 5.91. The van der Waals surface area contributed by atoms with Gasteiger partial charge in [-0.3, -0.25) is 4.79 Å². The number of nitrogens with zero attached hydrogens (tertiary/aromatic N) is 1. The van der Waals surface area contributed by atoms with Crippen LogP contribution >= 0.6 is 0 Å². The van der Waals surface area contributed by atoms with Crippen LogP contribution < -0.4 is 5.32 Å². The number of aliphatic hydroxyl groups excluding tert-OH is 1. The second kappa shape index (κ2) is 4.00. The van der Waals surface area contributed by atoms with E-state index in [1.165, 1.54) is 6.07 Å². The maximum atomic E-state index is 11.5. The van der Waals surface area contributed by atoms with Crippen LogP contribution in [0.5, 0.6) is 0 Å². The summed E-state index contributed by atoms with van der Waals surface area (Å²) in [7, 11) is 0. The average molecular weight is 212 g/mol. The van der Waals surface area contributed by atoms with Crippen LogP contribution in [0.2, 0.25) is 0 Å². The molecule has 2 atom stereocenters. The molecule has 1 aromatic heterocycles. The minimum atomic E-state index is -0.655. The van der Waals surface area contributed by atoms with Crippen LogP contribution in [0.15, 0.2) is 10.6 Å². The molecule has 0 aliphatic carbocycles. The number of nitrogens with one attached hydrogen (secondary N) is 1. The van der Waals surface area contributed by atoms with E-state index in [4.69, 9.17) is 9.26 Å². The van der Waals surface area contributed by atoms with Crippen LogP contribution in [0.4, 0.5) is 0 Å². The van der Waals surface area contributed by atoms with Crippen molar-refractivity contribution >= 4 is 5.91 Å². The zero-order valence-corrected chi connectivity index (χ0v) is 8.27. The standard InChI is InChI=1S/C9H12N2O4/c1-5-2-8(15-11-5)9(13)10-6-3-14-4-7(6)12/h2,6-7,12H,3-4H2,1H3,(H,10,13)/t6-,7-/m1/s1. The van der Waals surface area contributed by atoms with Gasteiger partial charge in [0.2, 0.25) is 5.76 Å². The first-order chi connectivity index (χ1) is 7.16. The Morgan fingerprint density at radius 1 is 1.67 bits per heavy atom. The molecular weight excluding hydrogens is 200 g/mol. The van der Waals surface area contributed by atoms with Gasteiger partial charge >= 0.3 is 0 Å². The second-order valence-electron chi connectivity index (χ2n) is 3.52. The van der Waals surface area contributed by atoms with Gasteiger partial charge in [-0.1, -0.05) is 5.16 Å². The van der Waals surface area contributed by atoms with E-state index in [0.29, 0.717) is 12.3 Å². The van der Waals surface area contributed by atoms with Gasteiger partial charge in [0, 0.05) is 6.07 Å². The van der Waals surface area contributed by atoms with Gasteiger partial charge in [0.05, 0.1) is 31.1 Å². The third-order valence-corrected chi connectivity index (χ3v) is 2.22. The molecule has 0 saturated carbocycles. The molecule has 2 N–H and O–H groups in total. The van der Waals surface area contributed by atoms with Crippen molar-refractivity contribution in [1.29, 1.82) is 0 Å². The molecule has 0 unspecified atom stereocenters. The van der Waals surface area contributed by atoms with Crippen LogP contribution in [-0.2, 0) is 4.74 Å². The van der Waals surface area contributed by atoms with Gasteiger partial charge in [-0.15, -0.1) is 0 Å². The maximum Gasteiger partial charge on any atom is 0.290 e. The Kier molecular flexibility index (Phi) is 2.70. The largest absolute Gasteiger partial charge is 0.388 e. The highest BCUT2D eigenvalue weighted by Gasteiger charge is 2.28. The number of carbonyl (C=O) groups is 1. The Balaban J connectivity index is 1.97. The van der Waals surface area contributed by atoms with Gasteiger partial charge in [-0.2, -0.15) is 0 Å². The molecule has 1 aromatic rings. The Bertz CT molecular complexity index is 363. The first-order valence-corrected chi connectivity index (χ1v) is 4.67. The van der Waals surface area contributed by atoms with Crippen LogP contribution in [-0.4, -0.2) is 41.5 Å². The lowest BCUT2D eigenvalue weighted by atomic mass is 10.2. The number of hydrogen-bond acceptors (Lipinski definition) is 5. The normalized spacial score (nSPS) is 25.5. The van der Waals surface area contributed by atoms with Crippen LogP contribution in [0.25, 0.3) is 0 Å². The molecule has 2 rings (SSSR count). The number of amides is 1. The molecule has 0 bridgehead atoms. The van der Waals surface area contributed by atoms with E-state index in [1.807, 2.05) is 0 Å². The van der Waals surface area contributed by atoms with E-state index >= 15 is 0 Å². The molecule has 0 aromatic carbocycles. The summed E-state index contributed by atoms with van der Waals surface area (Å²) in [6.07, 6.45) is -0.655. The summed E-state index contributed by atoms with van der Waals surface area (Å²) >= 11 is 0. The van der Waals surface area contributed by atoms with Crippen molar-refractivity contribution in [2.45, 2.75) is 19.1 Å². The predicted octanol–water partition coefficient (Wildman–Crippen LogP) is -0.527. The molecule has 6 heteroatoms. The third-order valence-electron chi connectivity index (χ3n) is 2.22. The monoisotopic (exact) mass is 212 g/mol. The molecule has 0 radical (unpaired) electrons. The summed E-state index contributed by atoms with van der Waals surface area (Å²) in [5, 5.41) is 15.6. The van der Waals surface area contributed by atoms with Crippen molar-refractivity contribution in [2.24, 2.45) is 0 Å². The lowest BCUT2D eigenvalue weighted by Crippen LogP contribution is -2.42. The smallest absolute Gasteiger partial charge is 0.290 e. The molecule has 82 valence electrons. The van der Waals surface area contributed by atoms with Gasteiger partial charge in [0.1, 0.15) is 0 Å². The fraction of sp³-hybridized carbons (Fsp3) is 0.556. The number of aromatic nitrogens is 1. The van der Waals surface area contributed by atoms with Crippen molar-refractivity contribution < 1.29 is 19.2 Å². The maximum absolute atomic E-state index is 11.5. The average Bonchev–Trinajstić information content (AvgIpc) is 2.77. The second-order valence-corrected chi connectivity index (χ2v) is 3.52. The topological polar surface area (TPSA) is 84.6 Å². The highest BCUT2D eigenvalue weighted by atomic mass is 16.5. The van der Waals surface area contributed by atoms with Crippen molar-refractivity contribution in [2.75, 3.05) is 13.2 Å². The third kappa shape index (κ3) is 2.16. The van der Waals surface area contributed by atoms with Crippen molar-refractivity contribution in [3.05, 3.63) is 17.5 Å². The molecule has 6 nitrogen and oxygen atoms in total. The number of rotatable bonds is 2. The summed E-state index contributed by atoms with van der Waals surface area (Å²) in [6.45, 7) is 2.30. The van der Waals surface area contributed by atoms with Crippen molar-refractivity contribution in [1.82, 2.24) is 10.5 Å². The van der Waals surface area contributed by atoms with E-state index < -0.39 is 6.10 Å². The van der Waals surface area contributed by atoms with Crippen LogP contribution in [0, 0.1) is 6.92 Å². The lowest BCUT2D eigenvalue weighted by Gasteiger charge is -2.12. The zero-order valence-electron chi connectivity index (χ0n) is 8.27. The molecule has 0 spiro atoms. The van der Waals surface area contributed by atoms with E-state index in [0.717, 1.165) is 0 Å². The molecule has 2 heterocycles. The number of carbonyl (C=O) groups excluding carboxylic acids is 1. The molecular formula is C9H12N2O4. The zero-order chi connectivity index (χ0) is 10.8. The van der Waals surface area contributed by atoms with Crippen molar-refractivity contribution in [3.63, 3.8) is 0 Å². The molecule has 15 heavy (non-hydrogen) atoms. The first-order valence-electron chi connectivity index (χ1n) is 4.67. The quantitative estimate of drug-likeness (QED) is 0.688. The predicted molar refractivity (Wildman–Crippen MR) is 49.3 cm³/mol. The summed E-state index contributed by atoms with van der Waals surface area (Å²) < 4.78 is 9.79.